The Morgan fingerprint density at radius 3 is 2.73 bits per heavy atom. The molecule has 0 saturated carbocycles. The van der Waals surface area contributed by atoms with E-state index in [2.05, 4.69) is 32.7 Å². The second-order valence-electron chi connectivity index (χ2n) is 7.19. The maximum Gasteiger partial charge on any atom is 0.220 e. The van der Waals surface area contributed by atoms with Crippen molar-refractivity contribution in [3.05, 3.63) is 80.6 Å². The number of aromatic nitrogens is 3. The van der Waals surface area contributed by atoms with E-state index >= 15 is 0 Å². The van der Waals surface area contributed by atoms with Gasteiger partial charge in [-0.25, -0.2) is 0 Å². The molecule has 1 atom stereocenters. The second-order valence-corrected chi connectivity index (χ2v) is 9.21. The SMILES string of the molecule is C=CCOc1c(Br)cc([C@H](C[N+](=O)[O-])Sc2nnc(C)n2-c2cccc(C)c2)cc1OCC. The first kappa shape index (κ1) is 24.8. The summed E-state index contributed by atoms with van der Waals surface area (Å²) in [5.74, 6) is 1.74. The van der Waals surface area contributed by atoms with E-state index in [9.17, 15) is 10.1 Å². The van der Waals surface area contributed by atoms with Gasteiger partial charge in [0.15, 0.2) is 16.7 Å². The molecule has 33 heavy (non-hydrogen) atoms. The highest BCUT2D eigenvalue weighted by Gasteiger charge is 2.26. The van der Waals surface area contributed by atoms with Gasteiger partial charge in [-0.1, -0.05) is 36.5 Å². The number of rotatable bonds is 11. The molecule has 3 rings (SSSR count). The molecule has 0 radical (unpaired) electrons. The van der Waals surface area contributed by atoms with E-state index in [1.807, 2.05) is 55.7 Å². The summed E-state index contributed by atoms with van der Waals surface area (Å²) in [4.78, 5) is 11.2. The fraction of sp³-hybridized carbons (Fsp3) is 0.304. The zero-order chi connectivity index (χ0) is 24.0. The molecule has 1 heterocycles. The van der Waals surface area contributed by atoms with Crippen LogP contribution in [0.4, 0.5) is 0 Å². The number of benzene rings is 2. The molecule has 8 nitrogen and oxygen atoms in total. The topological polar surface area (TPSA) is 92.3 Å². The van der Waals surface area contributed by atoms with Crippen LogP contribution in [0.15, 0.2) is 58.7 Å². The first-order valence-electron chi connectivity index (χ1n) is 10.3. The lowest BCUT2D eigenvalue weighted by molar-refractivity contribution is -0.479. The van der Waals surface area contributed by atoms with Crippen molar-refractivity contribution in [1.29, 1.82) is 0 Å². The molecule has 0 spiro atoms. The van der Waals surface area contributed by atoms with Crippen LogP contribution in [0.1, 0.15) is 29.1 Å². The van der Waals surface area contributed by atoms with E-state index < -0.39 is 5.25 Å². The molecule has 3 aromatic rings. The number of nitro groups is 1. The van der Waals surface area contributed by atoms with Crippen LogP contribution in [0, 0.1) is 24.0 Å². The van der Waals surface area contributed by atoms with Crippen LogP contribution >= 0.6 is 27.7 Å². The van der Waals surface area contributed by atoms with E-state index in [-0.39, 0.29) is 11.5 Å². The van der Waals surface area contributed by atoms with Gasteiger partial charge in [0.2, 0.25) is 6.54 Å². The van der Waals surface area contributed by atoms with Crippen LogP contribution in [0.2, 0.25) is 0 Å². The molecule has 0 saturated heterocycles. The minimum atomic E-state index is -0.531. The fourth-order valence-corrected chi connectivity index (χ4v) is 5.00. The molecule has 2 aromatic carbocycles. The highest BCUT2D eigenvalue weighted by Crippen LogP contribution is 2.43. The normalized spacial score (nSPS) is 11.8. The fourth-order valence-electron chi connectivity index (χ4n) is 3.28. The highest BCUT2D eigenvalue weighted by atomic mass is 79.9. The van der Waals surface area contributed by atoms with Crippen LogP contribution in [0.3, 0.4) is 0 Å². The number of halogens is 1. The van der Waals surface area contributed by atoms with Crippen molar-refractivity contribution < 1.29 is 14.4 Å². The minimum Gasteiger partial charge on any atom is -0.490 e. The molecular weight excluding hydrogens is 508 g/mol. The van der Waals surface area contributed by atoms with Gasteiger partial charge in [0.1, 0.15) is 17.7 Å². The van der Waals surface area contributed by atoms with Gasteiger partial charge in [-0.05, 0) is 72.1 Å². The zero-order valence-electron chi connectivity index (χ0n) is 18.7. The zero-order valence-corrected chi connectivity index (χ0v) is 21.1. The Morgan fingerprint density at radius 2 is 2.06 bits per heavy atom. The summed E-state index contributed by atoms with van der Waals surface area (Å²) in [5.41, 5.74) is 2.72. The quantitative estimate of drug-likeness (QED) is 0.135. The van der Waals surface area contributed by atoms with E-state index in [1.54, 1.807) is 12.1 Å². The summed E-state index contributed by atoms with van der Waals surface area (Å²) < 4.78 is 14.1. The molecule has 0 N–H and O–H groups in total. The Labute approximate surface area is 205 Å². The summed E-state index contributed by atoms with van der Waals surface area (Å²) in [6.07, 6.45) is 1.64. The number of hydrogen-bond acceptors (Lipinski definition) is 7. The van der Waals surface area contributed by atoms with Crippen LogP contribution in [-0.2, 0) is 0 Å². The molecule has 174 valence electrons. The third-order valence-corrected chi connectivity index (χ3v) is 6.44. The lowest BCUT2D eigenvalue weighted by Gasteiger charge is -2.18. The number of ether oxygens (including phenoxy) is 2. The number of nitrogens with zero attached hydrogens (tertiary/aromatic N) is 4. The molecular formula is C23H25BrN4O4S. The summed E-state index contributed by atoms with van der Waals surface area (Å²) in [7, 11) is 0. The Balaban J connectivity index is 2.03. The van der Waals surface area contributed by atoms with Crippen molar-refractivity contribution in [3.8, 4) is 17.2 Å². The van der Waals surface area contributed by atoms with Gasteiger partial charge in [-0.15, -0.1) is 10.2 Å². The Kier molecular flexibility index (Phi) is 8.51. The van der Waals surface area contributed by atoms with E-state index in [4.69, 9.17) is 9.47 Å². The average Bonchev–Trinajstić information content (AvgIpc) is 3.12. The van der Waals surface area contributed by atoms with Crippen LogP contribution in [0.5, 0.6) is 11.5 Å². The number of thioether (sulfide) groups is 1. The first-order chi connectivity index (χ1) is 15.8. The highest BCUT2D eigenvalue weighted by molar-refractivity contribution is 9.10. The summed E-state index contributed by atoms with van der Waals surface area (Å²) in [6, 6.07) is 11.6. The molecule has 0 aliphatic rings. The van der Waals surface area contributed by atoms with Gasteiger partial charge < -0.3 is 9.47 Å². The maximum absolute atomic E-state index is 11.6. The lowest BCUT2D eigenvalue weighted by atomic mass is 10.1. The van der Waals surface area contributed by atoms with E-state index in [1.165, 1.54) is 11.8 Å². The lowest BCUT2D eigenvalue weighted by Crippen LogP contribution is -2.12. The second kappa shape index (κ2) is 11.3. The summed E-state index contributed by atoms with van der Waals surface area (Å²) in [5, 5.41) is 20.1. The maximum atomic E-state index is 11.6. The third-order valence-electron chi connectivity index (χ3n) is 4.67. The monoisotopic (exact) mass is 532 g/mol. The van der Waals surface area contributed by atoms with Gasteiger partial charge in [0.25, 0.3) is 0 Å². The first-order valence-corrected chi connectivity index (χ1v) is 12.0. The Bertz CT molecular complexity index is 1150. The molecule has 0 bridgehead atoms. The number of hydrogen-bond donors (Lipinski definition) is 0. The van der Waals surface area contributed by atoms with Crippen molar-refractivity contribution >= 4 is 27.7 Å². The predicted octanol–water partition coefficient (Wildman–Crippen LogP) is 5.72. The predicted molar refractivity (Wildman–Crippen MR) is 132 cm³/mol. The average molecular weight is 533 g/mol. The van der Waals surface area contributed by atoms with Crippen molar-refractivity contribution in [3.63, 3.8) is 0 Å². The third kappa shape index (κ3) is 6.14. The smallest absolute Gasteiger partial charge is 0.220 e. The largest absolute Gasteiger partial charge is 0.490 e. The number of aryl methyl sites for hydroxylation is 2. The summed E-state index contributed by atoms with van der Waals surface area (Å²) in [6.45, 7) is 9.85. The van der Waals surface area contributed by atoms with Crippen molar-refractivity contribution in [1.82, 2.24) is 14.8 Å². The molecule has 0 amide bonds. The Hall–Kier alpha value is -2.85. The van der Waals surface area contributed by atoms with Crippen LogP contribution in [-0.4, -0.2) is 39.4 Å². The van der Waals surface area contributed by atoms with E-state index in [0.29, 0.717) is 40.2 Å². The van der Waals surface area contributed by atoms with Crippen molar-refractivity contribution in [2.24, 2.45) is 0 Å². The Morgan fingerprint density at radius 1 is 1.27 bits per heavy atom. The summed E-state index contributed by atoms with van der Waals surface area (Å²) >= 11 is 4.82. The van der Waals surface area contributed by atoms with E-state index in [0.717, 1.165) is 16.8 Å². The molecule has 0 aliphatic heterocycles. The molecule has 0 aliphatic carbocycles. The van der Waals surface area contributed by atoms with Crippen molar-refractivity contribution in [2.45, 2.75) is 31.2 Å². The standard InChI is InChI=1S/C23H25BrN4O4S/c1-5-10-32-22-19(24)12-17(13-20(22)31-6-2)21(14-27(29)30)33-23-26-25-16(4)28(23)18-9-7-8-15(3)11-18/h5,7-9,11-13,21H,1,6,10,14H2,2-4H3/t21-/m0/s1. The molecule has 1 aromatic heterocycles. The molecule has 0 unspecified atom stereocenters. The van der Waals surface area contributed by atoms with Crippen LogP contribution in [0.25, 0.3) is 5.69 Å². The van der Waals surface area contributed by atoms with Gasteiger partial charge >= 0.3 is 0 Å². The van der Waals surface area contributed by atoms with Gasteiger partial charge in [-0.3, -0.25) is 14.7 Å². The molecule has 0 fully saturated rings. The van der Waals surface area contributed by atoms with Gasteiger partial charge in [0.05, 0.1) is 11.1 Å². The minimum absolute atomic E-state index is 0.296. The molecule has 10 heteroatoms. The van der Waals surface area contributed by atoms with Gasteiger partial charge in [0, 0.05) is 10.6 Å². The van der Waals surface area contributed by atoms with Gasteiger partial charge in [-0.2, -0.15) is 0 Å². The van der Waals surface area contributed by atoms with Crippen LogP contribution < -0.4 is 9.47 Å². The van der Waals surface area contributed by atoms with Crippen molar-refractivity contribution in [2.75, 3.05) is 19.8 Å².